The zero-order chi connectivity index (χ0) is 20.0. The first kappa shape index (κ1) is 20.2. The first-order chi connectivity index (χ1) is 12.8. The number of esters is 1. The Balaban J connectivity index is 2.51. The molecule has 1 amide bonds. The van der Waals surface area contributed by atoms with Crippen LogP contribution in [0.25, 0.3) is 0 Å². The second-order valence-electron chi connectivity index (χ2n) is 5.54. The normalized spacial score (nSPS) is 10.7. The maximum atomic E-state index is 13.2. The van der Waals surface area contributed by atoms with E-state index in [9.17, 15) is 18.0 Å². The molecule has 27 heavy (non-hydrogen) atoms. The topological polar surface area (TPSA) is 92.8 Å². The van der Waals surface area contributed by atoms with Crippen LogP contribution in [0.5, 0.6) is 0 Å². The van der Waals surface area contributed by atoms with E-state index in [0.29, 0.717) is 5.69 Å². The zero-order valence-electron chi connectivity index (χ0n) is 15.0. The number of anilines is 2. The number of ether oxygens (including phenoxy) is 1. The number of hydrogen-bond acceptors (Lipinski definition) is 5. The monoisotopic (exact) mass is 388 g/mol. The molecular formula is C19H20N2O5S. The van der Waals surface area contributed by atoms with Crippen LogP contribution in [0.4, 0.5) is 11.4 Å². The van der Waals surface area contributed by atoms with Gasteiger partial charge in [0.15, 0.2) is 0 Å². The van der Waals surface area contributed by atoms with Crippen LogP contribution < -0.4 is 9.62 Å². The van der Waals surface area contributed by atoms with Crippen LogP contribution in [0.1, 0.15) is 17.3 Å². The number of nitrogens with zero attached hydrogens (tertiary/aromatic N) is 1. The number of carbonyl (C=O) groups excluding carboxylic acids is 2. The van der Waals surface area contributed by atoms with Crippen LogP contribution in [-0.4, -0.2) is 33.9 Å². The molecule has 2 aromatic carbocycles. The number of sulfonamides is 1. The first-order valence-corrected chi connectivity index (χ1v) is 9.44. The van der Waals surface area contributed by atoms with Crippen molar-refractivity contribution in [1.29, 1.82) is 0 Å². The van der Waals surface area contributed by atoms with Gasteiger partial charge in [-0.2, -0.15) is 0 Å². The summed E-state index contributed by atoms with van der Waals surface area (Å²) < 4.78 is 32.1. The number of nitrogens with one attached hydrogen (secondary N) is 1. The number of rotatable bonds is 7. The maximum absolute atomic E-state index is 13.2. The molecule has 2 rings (SSSR count). The van der Waals surface area contributed by atoms with Gasteiger partial charge in [-0.1, -0.05) is 18.2 Å². The van der Waals surface area contributed by atoms with Crippen molar-refractivity contribution in [2.45, 2.75) is 11.8 Å². The lowest BCUT2D eigenvalue weighted by atomic mass is 10.2. The van der Waals surface area contributed by atoms with Gasteiger partial charge in [0, 0.05) is 12.6 Å². The van der Waals surface area contributed by atoms with E-state index < -0.39 is 16.0 Å². The van der Waals surface area contributed by atoms with Crippen LogP contribution >= 0.6 is 0 Å². The molecule has 1 N–H and O–H groups in total. The Kier molecular flexibility index (Phi) is 6.36. The van der Waals surface area contributed by atoms with Gasteiger partial charge in [0.25, 0.3) is 10.0 Å². The first-order valence-electron chi connectivity index (χ1n) is 8.00. The molecule has 0 aliphatic carbocycles. The van der Waals surface area contributed by atoms with Crippen molar-refractivity contribution >= 4 is 33.3 Å². The van der Waals surface area contributed by atoms with Crippen molar-refractivity contribution in [3.05, 3.63) is 66.7 Å². The smallest absolute Gasteiger partial charge is 0.340 e. The minimum absolute atomic E-state index is 0.0121. The second-order valence-corrected chi connectivity index (χ2v) is 7.40. The van der Waals surface area contributed by atoms with Crippen LogP contribution in [-0.2, 0) is 19.6 Å². The number of carbonyl (C=O) groups is 2. The molecule has 0 saturated heterocycles. The Hall–Kier alpha value is -3.13. The molecule has 2 aromatic rings. The summed E-state index contributed by atoms with van der Waals surface area (Å²) in [6, 6.07) is 12.0. The molecule has 0 heterocycles. The summed E-state index contributed by atoms with van der Waals surface area (Å²) in [6.45, 7) is 4.93. The second kappa shape index (κ2) is 8.50. The Bertz CT molecular complexity index is 952. The summed E-state index contributed by atoms with van der Waals surface area (Å²) in [5.41, 5.74) is 0.794. The summed E-state index contributed by atoms with van der Waals surface area (Å²) in [7, 11) is -2.76. The minimum Gasteiger partial charge on any atom is -0.465 e. The highest BCUT2D eigenvalue weighted by atomic mass is 32.2. The Morgan fingerprint density at radius 2 is 1.78 bits per heavy atom. The van der Waals surface area contributed by atoms with Crippen molar-refractivity contribution in [2.75, 3.05) is 23.3 Å². The fourth-order valence-electron chi connectivity index (χ4n) is 2.46. The Morgan fingerprint density at radius 1 is 1.15 bits per heavy atom. The number of methoxy groups -OCH3 is 1. The van der Waals surface area contributed by atoms with E-state index >= 15 is 0 Å². The van der Waals surface area contributed by atoms with Crippen LogP contribution in [0.2, 0.25) is 0 Å². The number of hydrogen-bond donors (Lipinski definition) is 1. The van der Waals surface area contributed by atoms with Crippen molar-refractivity contribution in [3.8, 4) is 0 Å². The van der Waals surface area contributed by atoms with Crippen LogP contribution in [0.3, 0.4) is 0 Å². The molecule has 0 unspecified atom stereocenters. The standard InChI is InChI=1S/C19H20N2O5S/c1-4-13-21(18-8-6-5-7-17(18)19(23)26-3)27(24,25)16-11-9-15(10-12-16)20-14(2)22/h4-12H,1,13H2,2-3H3,(H,20,22). The molecule has 0 aromatic heterocycles. The van der Waals surface area contributed by atoms with Crippen molar-refractivity contribution < 1.29 is 22.7 Å². The van der Waals surface area contributed by atoms with Crippen molar-refractivity contribution in [3.63, 3.8) is 0 Å². The average molecular weight is 388 g/mol. The molecule has 0 fully saturated rings. The van der Waals surface area contributed by atoms with E-state index in [1.807, 2.05) is 0 Å². The molecule has 8 heteroatoms. The van der Waals surface area contributed by atoms with Gasteiger partial charge in [-0.05, 0) is 36.4 Å². The summed E-state index contributed by atoms with van der Waals surface area (Å²) >= 11 is 0. The lowest BCUT2D eigenvalue weighted by Gasteiger charge is -2.25. The molecule has 0 saturated carbocycles. The van der Waals surface area contributed by atoms with E-state index in [-0.39, 0.29) is 28.6 Å². The van der Waals surface area contributed by atoms with Crippen LogP contribution in [0, 0.1) is 0 Å². The van der Waals surface area contributed by atoms with E-state index in [2.05, 4.69) is 11.9 Å². The quantitative estimate of drug-likeness (QED) is 0.582. The van der Waals surface area contributed by atoms with E-state index in [4.69, 9.17) is 4.74 Å². The number of benzene rings is 2. The molecule has 0 aliphatic heterocycles. The van der Waals surface area contributed by atoms with E-state index in [1.165, 1.54) is 56.5 Å². The van der Waals surface area contributed by atoms with Gasteiger partial charge in [-0.25, -0.2) is 13.2 Å². The summed E-state index contributed by atoms with van der Waals surface area (Å²) in [4.78, 5) is 23.2. The summed E-state index contributed by atoms with van der Waals surface area (Å²) in [5.74, 6) is -0.901. The van der Waals surface area contributed by atoms with E-state index in [1.54, 1.807) is 12.1 Å². The largest absolute Gasteiger partial charge is 0.465 e. The number of para-hydroxylation sites is 1. The fraction of sp³-hybridized carbons (Fsp3) is 0.158. The van der Waals surface area contributed by atoms with Crippen molar-refractivity contribution in [1.82, 2.24) is 0 Å². The molecule has 0 aliphatic rings. The van der Waals surface area contributed by atoms with Gasteiger partial charge in [0.2, 0.25) is 5.91 Å². The lowest BCUT2D eigenvalue weighted by Crippen LogP contribution is -2.32. The SMILES string of the molecule is C=CCN(c1ccccc1C(=O)OC)S(=O)(=O)c1ccc(NC(C)=O)cc1. The summed E-state index contributed by atoms with van der Waals surface area (Å²) in [6.07, 6.45) is 1.43. The fourth-order valence-corrected chi connectivity index (χ4v) is 3.91. The molecule has 0 spiro atoms. The van der Waals surface area contributed by atoms with Gasteiger partial charge in [0.05, 0.1) is 29.8 Å². The van der Waals surface area contributed by atoms with Crippen molar-refractivity contribution in [2.24, 2.45) is 0 Å². The van der Waals surface area contributed by atoms with Gasteiger partial charge >= 0.3 is 5.97 Å². The van der Waals surface area contributed by atoms with Gasteiger partial charge in [-0.15, -0.1) is 6.58 Å². The third kappa shape index (κ3) is 4.53. The Labute approximate surface area is 158 Å². The van der Waals surface area contributed by atoms with Crippen LogP contribution in [0.15, 0.2) is 66.1 Å². The molecule has 0 atom stereocenters. The number of amides is 1. The highest BCUT2D eigenvalue weighted by molar-refractivity contribution is 7.92. The van der Waals surface area contributed by atoms with E-state index in [0.717, 1.165) is 4.31 Å². The van der Waals surface area contributed by atoms with Gasteiger partial charge in [0.1, 0.15) is 0 Å². The maximum Gasteiger partial charge on any atom is 0.340 e. The average Bonchev–Trinajstić information content (AvgIpc) is 2.65. The molecular weight excluding hydrogens is 368 g/mol. The molecule has 0 bridgehead atoms. The summed E-state index contributed by atoms with van der Waals surface area (Å²) in [5, 5.41) is 2.58. The predicted molar refractivity (Wildman–Crippen MR) is 103 cm³/mol. The zero-order valence-corrected chi connectivity index (χ0v) is 15.8. The molecule has 0 radical (unpaired) electrons. The molecule has 142 valence electrons. The highest BCUT2D eigenvalue weighted by Crippen LogP contribution is 2.28. The highest BCUT2D eigenvalue weighted by Gasteiger charge is 2.27. The van der Waals surface area contributed by atoms with Gasteiger partial charge < -0.3 is 10.1 Å². The third-order valence-electron chi connectivity index (χ3n) is 3.64. The predicted octanol–water partition coefficient (Wildman–Crippen LogP) is 2.81. The Morgan fingerprint density at radius 3 is 2.33 bits per heavy atom. The van der Waals surface area contributed by atoms with Gasteiger partial charge in [-0.3, -0.25) is 9.10 Å². The third-order valence-corrected chi connectivity index (χ3v) is 5.43. The minimum atomic E-state index is -3.98. The lowest BCUT2D eigenvalue weighted by molar-refractivity contribution is -0.114. The molecule has 7 nitrogen and oxygen atoms in total.